The van der Waals surface area contributed by atoms with Crippen molar-refractivity contribution in [1.29, 1.82) is 0 Å². The number of anilines is 1. The molecule has 1 saturated heterocycles. The quantitative estimate of drug-likeness (QED) is 0.919. The van der Waals surface area contributed by atoms with Crippen LogP contribution >= 0.6 is 0 Å². The van der Waals surface area contributed by atoms with Crippen LogP contribution in [0.4, 0.5) is 10.2 Å². The normalized spacial score (nSPS) is 29.5. The Hall–Kier alpha value is -1.69. The molecule has 2 atom stereocenters. The third kappa shape index (κ3) is 2.77. The average molecular weight is 333 g/mol. The van der Waals surface area contributed by atoms with Gasteiger partial charge in [0.2, 0.25) is 0 Å². The van der Waals surface area contributed by atoms with Crippen LogP contribution in [0.25, 0.3) is 0 Å². The summed E-state index contributed by atoms with van der Waals surface area (Å²) in [7, 11) is 0. The summed E-state index contributed by atoms with van der Waals surface area (Å²) >= 11 is 0. The van der Waals surface area contributed by atoms with E-state index in [4.69, 9.17) is 9.72 Å². The highest BCUT2D eigenvalue weighted by atomic mass is 19.1. The molecule has 0 radical (unpaired) electrons. The molecule has 5 nitrogen and oxygen atoms in total. The summed E-state index contributed by atoms with van der Waals surface area (Å²) in [5, 5.41) is 2.82. The Balaban J connectivity index is 1.37. The Bertz CT molecular complexity index is 672. The predicted octanol–water partition coefficient (Wildman–Crippen LogP) is 2.37. The summed E-state index contributed by atoms with van der Waals surface area (Å²) in [6.07, 6.45) is 2.03. The Morgan fingerprint density at radius 3 is 2.83 bits per heavy atom. The average Bonchev–Trinajstić information content (AvgIpc) is 3.02. The van der Waals surface area contributed by atoms with Crippen molar-refractivity contribution in [3.63, 3.8) is 0 Å². The number of carbonyl (C=O) groups excluding carboxylic acids is 1. The van der Waals surface area contributed by atoms with Crippen molar-refractivity contribution in [2.45, 2.75) is 51.9 Å². The van der Waals surface area contributed by atoms with Gasteiger partial charge in [-0.1, -0.05) is 6.92 Å². The molecular formula is C18H24FN3O2. The minimum atomic E-state index is -0.688. The van der Waals surface area contributed by atoms with Crippen LogP contribution in [-0.2, 0) is 11.3 Å². The summed E-state index contributed by atoms with van der Waals surface area (Å²) in [4.78, 5) is 18.7. The van der Waals surface area contributed by atoms with Crippen molar-refractivity contribution >= 4 is 11.7 Å². The van der Waals surface area contributed by atoms with Gasteiger partial charge in [0.1, 0.15) is 12.0 Å². The molecule has 3 heterocycles. The van der Waals surface area contributed by atoms with Crippen LogP contribution in [-0.4, -0.2) is 42.9 Å². The Morgan fingerprint density at radius 1 is 1.46 bits per heavy atom. The van der Waals surface area contributed by atoms with E-state index in [0.29, 0.717) is 25.1 Å². The van der Waals surface area contributed by atoms with Gasteiger partial charge in [-0.25, -0.2) is 9.37 Å². The number of hydrogen-bond donors (Lipinski definition) is 1. The summed E-state index contributed by atoms with van der Waals surface area (Å²) in [6.45, 7) is 6.78. The van der Waals surface area contributed by atoms with Crippen LogP contribution in [0.1, 0.15) is 47.8 Å². The summed E-state index contributed by atoms with van der Waals surface area (Å²) in [5.74, 6) is 0.945. The topological polar surface area (TPSA) is 54.5 Å². The zero-order valence-corrected chi connectivity index (χ0v) is 14.3. The van der Waals surface area contributed by atoms with E-state index in [1.807, 2.05) is 19.9 Å². The Labute approximate surface area is 141 Å². The molecule has 0 aromatic carbocycles. The van der Waals surface area contributed by atoms with Crippen molar-refractivity contribution in [3.8, 4) is 0 Å². The number of aryl methyl sites for hydroxylation is 1. The molecule has 0 bridgehead atoms. The molecule has 1 saturated carbocycles. The first-order valence-corrected chi connectivity index (χ1v) is 8.75. The molecule has 1 aromatic rings. The molecule has 1 N–H and O–H groups in total. The first-order chi connectivity index (χ1) is 11.5. The molecule has 1 aliphatic carbocycles. The second kappa shape index (κ2) is 5.69. The number of pyridine rings is 1. The van der Waals surface area contributed by atoms with Crippen molar-refractivity contribution in [3.05, 3.63) is 22.9 Å². The molecule has 3 aliphatic rings. The van der Waals surface area contributed by atoms with E-state index in [2.05, 4.69) is 10.2 Å². The highest BCUT2D eigenvalue weighted by Gasteiger charge is 2.51. The molecule has 4 rings (SSSR count). The van der Waals surface area contributed by atoms with E-state index in [1.165, 1.54) is 0 Å². The van der Waals surface area contributed by atoms with Gasteiger partial charge in [0.25, 0.3) is 5.91 Å². The number of alkyl halides is 1. The Morgan fingerprint density at radius 2 is 2.17 bits per heavy atom. The molecular weight excluding hydrogens is 309 g/mol. The molecule has 6 heteroatoms. The fraction of sp³-hybridized carbons (Fsp3) is 0.667. The van der Waals surface area contributed by atoms with Crippen molar-refractivity contribution in [2.24, 2.45) is 5.41 Å². The smallest absolute Gasteiger partial charge is 0.253 e. The highest BCUT2D eigenvalue weighted by molar-refractivity contribution is 5.98. The van der Waals surface area contributed by atoms with Gasteiger partial charge >= 0.3 is 0 Å². The second-order valence-electron chi connectivity index (χ2n) is 7.63. The number of piperidine rings is 1. The summed E-state index contributed by atoms with van der Waals surface area (Å²) < 4.78 is 19.2. The van der Waals surface area contributed by atoms with Crippen LogP contribution in [0.5, 0.6) is 0 Å². The third-order valence-electron chi connectivity index (χ3n) is 5.56. The van der Waals surface area contributed by atoms with Crippen LogP contribution in [0.3, 0.4) is 0 Å². The lowest BCUT2D eigenvalue weighted by molar-refractivity contribution is 0.00763. The number of halogens is 1. The lowest BCUT2D eigenvalue weighted by Crippen LogP contribution is -2.38. The zero-order chi connectivity index (χ0) is 16.9. The van der Waals surface area contributed by atoms with Crippen LogP contribution in [0.15, 0.2) is 6.07 Å². The SMILES string of the molecule is Cc1cc2c(nc1N1CCC(OC[C@]3(C)C[C@@H]3F)CC1)CNC2=O. The van der Waals surface area contributed by atoms with E-state index in [0.717, 1.165) is 43.0 Å². The minimum absolute atomic E-state index is 0.0287. The van der Waals surface area contributed by atoms with Gasteiger partial charge in [0.05, 0.1) is 30.5 Å². The molecule has 130 valence electrons. The van der Waals surface area contributed by atoms with Gasteiger partial charge in [-0.15, -0.1) is 0 Å². The van der Waals surface area contributed by atoms with Crippen molar-refractivity contribution in [1.82, 2.24) is 10.3 Å². The van der Waals surface area contributed by atoms with Crippen LogP contribution in [0, 0.1) is 12.3 Å². The zero-order valence-electron chi connectivity index (χ0n) is 14.3. The second-order valence-corrected chi connectivity index (χ2v) is 7.63. The van der Waals surface area contributed by atoms with Gasteiger partial charge in [-0.2, -0.15) is 0 Å². The largest absolute Gasteiger partial charge is 0.377 e. The van der Waals surface area contributed by atoms with Crippen LogP contribution < -0.4 is 10.2 Å². The lowest BCUT2D eigenvalue weighted by atomic mass is 10.1. The summed E-state index contributed by atoms with van der Waals surface area (Å²) in [5.41, 5.74) is 2.34. The molecule has 1 aromatic heterocycles. The van der Waals surface area contributed by atoms with Gasteiger partial charge in [0.15, 0.2) is 0 Å². The maximum Gasteiger partial charge on any atom is 0.253 e. The van der Waals surface area contributed by atoms with Crippen molar-refractivity contribution < 1.29 is 13.9 Å². The molecule has 24 heavy (non-hydrogen) atoms. The number of carbonyl (C=O) groups is 1. The van der Waals surface area contributed by atoms with E-state index in [-0.39, 0.29) is 17.4 Å². The number of ether oxygens (including phenoxy) is 1. The fourth-order valence-electron chi connectivity index (χ4n) is 3.59. The first-order valence-electron chi connectivity index (χ1n) is 8.75. The Kier molecular flexibility index (Phi) is 3.75. The van der Waals surface area contributed by atoms with E-state index >= 15 is 0 Å². The van der Waals surface area contributed by atoms with E-state index in [9.17, 15) is 9.18 Å². The van der Waals surface area contributed by atoms with E-state index in [1.54, 1.807) is 0 Å². The minimum Gasteiger partial charge on any atom is -0.377 e. The fourth-order valence-corrected chi connectivity index (χ4v) is 3.59. The molecule has 0 spiro atoms. The monoisotopic (exact) mass is 333 g/mol. The maximum absolute atomic E-state index is 13.3. The number of hydrogen-bond acceptors (Lipinski definition) is 4. The standard InChI is InChI=1S/C18H24FN3O2/c1-11-7-13-14(9-20-17(13)23)21-16(11)22-5-3-12(4-6-22)24-10-18(2)8-15(18)19/h7,12,15H,3-6,8-10H2,1-2H3,(H,20,23)/t15-,18-/m0/s1. The van der Waals surface area contributed by atoms with Crippen molar-refractivity contribution in [2.75, 3.05) is 24.6 Å². The van der Waals surface area contributed by atoms with Gasteiger partial charge in [-0.05, 0) is 37.8 Å². The first kappa shape index (κ1) is 15.8. The number of amides is 1. The van der Waals surface area contributed by atoms with Gasteiger partial charge < -0.3 is 15.0 Å². The van der Waals surface area contributed by atoms with Crippen LogP contribution in [0.2, 0.25) is 0 Å². The molecule has 2 fully saturated rings. The molecule has 2 aliphatic heterocycles. The number of nitrogens with zero attached hydrogens (tertiary/aromatic N) is 2. The maximum atomic E-state index is 13.3. The lowest BCUT2D eigenvalue weighted by Gasteiger charge is -2.34. The highest BCUT2D eigenvalue weighted by Crippen LogP contribution is 2.48. The molecule has 0 unspecified atom stereocenters. The number of aromatic nitrogens is 1. The van der Waals surface area contributed by atoms with Gasteiger partial charge in [-0.3, -0.25) is 4.79 Å². The number of nitrogens with one attached hydrogen (secondary N) is 1. The van der Waals surface area contributed by atoms with Gasteiger partial charge in [0, 0.05) is 18.5 Å². The van der Waals surface area contributed by atoms with E-state index < -0.39 is 6.17 Å². The predicted molar refractivity (Wildman–Crippen MR) is 89.0 cm³/mol. The molecule has 1 amide bonds. The summed E-state index contributed by atoms with van der Waals surface area (Å²) in [6, 6.07) is 1.94. The number of fused-ring (bicyclic) bond motifs is 1. The third-order valence-corrected chi connectivity index (χ3v) is 5.56. The number of rotatable bonds is 4.